The number of carboxylic acids is 1. The van der Waals surface area contributed by atoms with Crippen LogP contribution in [0.4, 0.5) is 0 Å². The fourth-order valence-electron chi connectivity index (χ4n) is 3.81. The van der Waals surface area contributed by atoms with Crippen molar-refractivity contribution in [3.8, 4) is 11.8 Å². The van der Waals surface area contributed by atoms with Crippen molar-refractivity contribution >= 4 is 20.7 Å². The molecule has 0 atom stereocenters. The van der Waals surface area contributed by atoms with Gasteiger partial charge >= 0.3 is 5.97 Å². The first-order valence-corrected chi connectivity index (χ1v) is 11.7. The molecule has 3 aromatic rings. The molecule has 32 heavy (non-hydrogen) atoms. The topological polar surface area (TPSA) is 71.4 Å². The van der Waals surface area contributed by atoms with Gasteiger partial charge in [-0.25, -0.2) is 13.2 Å². The van der Waals surface area contributed by atoms with Crippen LogP contribution >= 0.6 is 0 Å². The van der Waals surface area contributed by atoms with E-state index in [0.29, 0.717) is 28.0 Å². The van der Waals surface area contributed by atoms with E-state index in [-0.39, 0.29) is 15.9 Å². The zero-order valence-corrected chi connectivity index (χ0v) is 18.6. The van der Waals surface area contributed by atoms with Crippen LogP contribution in [0.3, 0.4) is 0 Å². The van der Waals surface area contributed by atoms with Crippen LogP contribution in [0.1, 0.15) is 52.9 Å². The van der Waals surface area contributed by atoms with Gasteiger partial charge in [-0.2, -0.15) is 0 Å². The first-order chi connectivity index (χ1) is 15.2. The second kappa shape index (κ2) is 8.14. The van der Waals surface area contributed by atoms with Crippen LogP contribution in [0.25, 0.3) is 4.91 Å². The molecule has 160 valence electrons. The SMILES string of the molecule is CC1(C)CC=C(S(=O)(=O)c2ccccc2)c2cc(C#Cc3ccc(C(=O)O)cc3)ccc21. The van der Waals surface area contributed by atoms with Gasteiger partial charge in [0.1, 0.15) is 0 Å². The molecule has 0 aromatic heterocycles. The van der Waals surface area contributed by atoms with Crippen LogP contribution in [0.2, 0.25) is 0 Å². The van der Waals surface area contributed by atoms with Gasteiger partial charge in [-0.05, 0) is 71.5 Å². The quantitative estimate of drug-likeness (QED) is 0.560. The smallest absolute Gasteiger partial charge is 0.335 e. The maximum absolute atomic E-state index is 13.4. The molecule has 0 aliphatic heterocycles. The molecule has 1 aliphatic rings. The van der Waals surface area contributed by atoms with Crippen molar-refractivity contribution < 1.29 is 18.3 Å². The Morgan fingerprint density at radius 1 is 0.906 bits per heavy atom. The second-order valence-corrected chi connectivity index (χ2v) is 10.3. The number of sulfone groups is 1. The van der Waals surface area contributed by atoms with Crippen LogP contribution in [-0.2, 0) is 15.3 Å². The average molecular weight is 443 g/mol. The van der Waals surface area contributed by atoms with E-state index in [4.69, 9.17) is 5.11 Å². The summed E-state index contributed by atoms with van der Waals surface area (Å²) in [5, 5.41) is 9.02. The summed E-state index contributed by atoms with van der Waals surface area (Å²) >= 11 is 0. The van der Waals surface area contributed by atoms with E-state index in [2.05, 4.69) is 25.7 Å². The van der Waals surface area contributed by atoms with E-state index >= 15 is 0 Å². The highest BCUT2D eigenvalue weighted by atomic mass is 32.2. The number of hydrogen-bond acceptors (Lipinski definition) is 3. The molecule has 4 rings (SSSR count). The lowest BCUT2D eigenvalue weighted by molar-refractivity contribution is 0.0697. The largest absolute Gasteiger partial charge is 0.478 e. The number of carboxylic acid groups (broad SMARTS) is 1. The Morgan fingerprint density at radius 3 is 2.19 bits per heavy atom. The first kappa shape index (κ1) is 21.6. The molecule has 0 amide bonds. The summed E-state index contributed by atoms with van der Waals surface area (Å²) < 4.78 is 26.8. The Balaban J connectivity index is 1.76. The minimum Gasteiger partial charge on any atom is -0.478 e. The number of rotatable bonds is 3. The Kier molecular flexibility index (Phi) is 5.50. The Hall–Kier alpha value is -3.62. The maximum atomic E-state index is 13.4. The lowest BCUT2D eigenvalue weighted by atomic mass is 9.75. The molecule has 4 nitrogen and oxygen atoms in total. The van der Waals surface area contributed by atoms with Crippen LogP contribution < -0.4 is 0 Å². The molecule has 0 unspecified atom stereocenters. The predicted octanol–water partition coefficient (Wildman–Crippen LogP) is 5.28. The standard InChI is InChI=1S/C27H22O4S/c1-27(2)17-16-25(32(30,31)22-6-4-3-5-7-22)23-18-20(12-15-24(23)27)9-8-19-10-13-21(14-11-19)26(28)29/h3-7,10-16,18H,17H2,1-2H3,(H,28,29). The third-order valence-corrected chi connectivity index (χ3v) is 7.50. The molecule has 0 radical (unpaired) electrons. The van der Waals surface area contributed by atoms with Crippen molar-refractivity contribution in [3.05, 3.63) is 107 Å². The van der Waals surface area contributed by atoms with Crippen LogP contribution in [0.15, 0.2) is 83.8 Å². The molecule has 0 saturated heterocycles. The van der Waals surface area contributed by atoms with Crippen molar-refractivity contribution in [1.82, 2.24) is 0 Å². The summed E-state index contributed by atoms with van der Waals surface area (Å²) in [6, 6.07) is 20.5. The van der Waals surface area contributed by atoms with Crippen molar-refractivity contribution in [2.45, 2.75) is 30.6 Å². The molecule has 0 spiro atoms. The van der Waals surface area contributed by atoms with Gasteiger partial charge in [-0.3, -0.25) is 0 Å². The van der Waals surface area contributed by atoms with E-state index in [9.17, 15) is 13.2 Å². The summed E-state index contributed by atoms with van der Waals surface area (Å²) in [6.07, 6.45) is 2.44. The number of allylic oxidation sites excluding steroid dienone is 1. The molecule has 0 heterocycles. The average Bonchev–Trinajstić information content (AvgIpc) is 2.78. The van der Waals surface area contributed by atoms with Gasteiger partial charge in [0.25, 0.3) is 0 Å². The van der Waals surface area contributed by atoms with Gasteiger partial charge < -0.3 is 5.11 Å². The normalized spacial score (nSPS) is 14.5. The van der Waals surface area contributed by atoms with Gasteiger partial charge in [0.05, 0.1) is 15.4 Å². The van der Waals surface area contributed by atoms with E-state index < -0.39 is 15.8 Å². The summed E-state index contributed by atoms with van der Waals surface area (Å²) in [7, 11) is -3.67. The molecule has 0 saturated carbocycles. The number of carbonyl (C=O) groups is 1. The van der Waals surface area contributed by atoms with Crippen LogP contribution in [0, 0.1) is 11.8 Å². The highest BCUT2D eigenvalue weighted by Crippen LogP contribution is 2.42. The summed E-state index contributed by atoms with van der Waals surface area (Å²) in [5.74, 6) is 5.12. The zero-order valence-electron chi connectivity index (χ0n) is 17.8. The number of hydrogen-bond donors (Lipinski definition) is 1. The van der Waals surface area contributed by atoms with Gasteiger partial charge in [-0.15, -0.1) is 0 Å². The monoisotopic (exact) mass is 442 g/mol. The first-order valence-electron chi connectivity index (χ1n) is 10.2. The van der Waals surface area contributed by atoms with E-state index in [1.807, 2.05) is 24.3 Å². The molecular formula is C27H22O4S. The summed E-state index contributed by atoms with van der Waals surface area (Å²) in [4.78, 5) is 11.6. The minimum absolute atomic E-state index is 0.191. The van der Waals surface area contributed by atoms with Crippen molar-refractivity contribution in [2.24, 2.45) is 0 Å². The van der Waals surface area contributed by atoms with E-state index in [1.165, 1.54) is 12.1 Å². The lowest BCUT2D eigenvalue weighted by Crippen LogP contribution is -2.23. The van der Waals surface area contributed by atoms with Crippen molar-refractivity contribution in [1.29, 1.82) is 0 Å². The molecule has 5 heteroatoms. The molecule has 3 aromatic carbocycles. The van der Waals surface area contributed by atoms with E-state index in [1.54, 1.807) is 42.5 Å². The van der Waals surface area contributed by atoms with Gasteiger partial charge in [-0.1, -0.05) is 56.0 Å². The Labute approximate surface area is 188 Å². The Morgan fingerprint density at radius 2 is 1.53 bits per heavy atom. The molecule has 1 N–H and O–H groups in total. The minimum atomic E-state index is -3.67. The number of fused-ring (bicyclic) bond motifs is 1. The third-order valence-electron chi connectivity index (χ3n) is 5.64. The van der Waals surface area contributed by atoms with Gasteiger partial charge in [0.2, 0.25) is 9.84 Å². The second-order valence-electron chi connectivity index (χ2n) is 8.37. The predicted molar refractivity (Wildman–Crippen MR) is 125 cm³/mol. The molecule has 0 fully saturated rings. The highest BCUT2D eigenvalue weighted by Gasteiger charge is 2.33. The van der Waals surface area contributed by atoms with Crippen molar-refractivity contribution in [2.75, 3.05) is 0 Å². The van der Waals surface area contributed by atoms with Crippen LogP contribution in [-0.4, -0.2) is 19.5 Å². The van der Waals surface area contributed by atoms with Crippen molar-refractivity contribution in [3.63, 3.8) is 0 Å². The lowest BCUT2D eigenvalue weighted by Gasteiger charge is -2.32. The number of benzene rings is 3. The molecular weight excluding hydrogens is 420 g/mol. The fraction of sp³-hybridized carbons (Fsp3) is 0.148. The molecule has 1 aliphatic carbocycles. The molecule has 0 bridgehead atoms. The van der Waals surface area contributed by atoms with Gasteiger partial charge in [0, 0.05) is 11.1 Å². The highest BCUT2D eigenvalue weighted by molar-refractivity contribution is 8.00. The van der Waals surface area contributed by atoms with Gasteiger partial charge in [0.15, 0.2) is 0 Å². The summed E-state index contributed by atoms with van der Waals surface area (Å²) in [6.45, 7) is 4.20. The Bertz CT molecular complexity index is 1390. The summed E-state index contributed by atoms with van der Waals surface area (Å²) in [5.41, 5.74) is 3.04. The van der Waals surface area contributed by atoms with Crippen LogP contribution in [0.5, 0.6) is 0 Å². The number of aromatic carboxylic acids is 1. The van der Waals surface area contributed by atoms with E-state index in [0.717, 1.165) is 5.56 Å². The maximum Gasteiger partial charge on any atom is 0.335 e. The zero-order chi connectivity index (χ0) is 22.9. The third kappa shape index (κ3) is 4.10. The fourth-order valence-corrected chi connectivity index (χ4v) is 5.34.